The third-order valence-corrected chi connectivity index (χ3v) is 3.22. The maximum Gasteiger partial charge on any atom is 0.159 e. The number of nitrogen functional groups attached to an aromatic ring is 1. The van der Waals surface area contributed by atoms with Gasteiger partial charge in [-0.15, -0.1) is 0 Å². The van der Waals surface area contributed by atoms with Crippen molar-refractivity contribution in [3.8, 4) is 11.4 Å². The summed E-state index contributed by atoms with van der Waals surface area (Å²) in [5, 5.41) is 0. The van der Waals surface area contributed by atoms with E-state index in [0.717, 1.165) is 17.5 Å². The third-order valence-electron chi connectivity index (χ3n) is 3.22. The molecular formula is C16H13F2N3. The smallest absolute Gasteiger partial charge is 0.159 e. The zero-order chi connectivity index (χ0) is 14.8. The van der Waals surface area contributed by atoms with Gasteiger partial charge in [-0.1, -0.05) is 6.07 Å². The lowest BCUT2D eigenvalue weighted by Gasteiger charge is -2.09. The first-order valence-electron chi connectivity index (χ1n) is 6.44. The monoisotopic (exact) mass is 285 g/mol. The van der Waals surface area contributed by atoms with Crippen LogP contribution in [0.2, 0.25) is 0 Å². The van der Waals surface area contributed by atoms with Crippen molar-refractivity contribution in [2.45, 2.75) is 6.54 Å². The Hall–Kier alpha value is -2.69. The summed E-state index contributed by atoms with van der Waals surface area (Å²) in [4.78, 5) is 4.31. The van der Waals surface area contributed by atoms with Crippen LogP contribution in [-0.2, 0) is 6.54 Å². The Bertz CT molecular complexity index is 763. The van der Waals surface area contributed by atoms with Crippen LogP contribution >= 0.6 is 0 Å². The average molecular weight is 285 g/mol. The zero-order valence-electron chi connectivity index (χ0n) is 11.1. The van der Waals surface area contributed by atoms with E-state index in [9.17, 15) is 8.78 Å². The quantitative estimate of drug-likeness (QED) is 0.749. The lowest BCUT2D eigenvalue weighted by Crippen LogP contribution is -2.02. The van der Waals surface area contributed by atoms with E-state index in [2.05, 4.69) is 4.98 Å². The Balaban J connectivity index is 1.92. The van der Waals surface area contributed by atoms with Crippen LogP contribution in [0.1, 0.15) is 5.56 Å². The minimum absolute atomic E-state index is 0.414. The van der Waals surface area contributed by atoms with Gasteiger partial charge >= 0.3 is 0 Å². The molecule has 1 aromatic heterocycles. The van der Waals surface area contributed by atoms with Crippen LogP contribution in [0.15, 0.2) is 54.9 Å². The Kier molecular flexibility index (Phi) is 3.39. The summed E-state index contributed by atoms with van der Waals surface area (Å²) in [7, 11) is 0. The molecule has 0 unspecified atom stereocenters. The molecule has 21 heavy (non-hydrogen) atoms. The van der Waals surface area contributed by atoms with E-state index in [1.54, 1.807) is 30.6 Å². The van der Waals surface area contributed by atoms with Crippen LogP contribution in [0.4, 0.5) is 14.5 Å². The summed E-state index contributed by atoms with van der Waals surface area (Å²) in [5.74, 6) is -0.940. The molecule has 106 valence electrons. The number of benzene rings is 2. The van der Waals surface area contributed by atoms with Crippen molar-refractivity contribution in [3.63, 3.8) is 0 Å². The number of aromatic nitrogens is 2. The third kappa shape index (κ3) is 2.76. The second kappa shape index (κ2) is 5.36. The second-order valence-electron chi connectivity index (χ2n) is 4.75. The summed E-state index contributed by atoms with van der Waals surface area (Å²) in [6.07, 6.45) is 3.47. The average Bonchev–Trinajstić information content (AvgIpc) is 2.92. The van der Waals surface area contributed by atoms with Crippen LogP contribution in [0, 0.1) is 11.6 Å². The van der Waals surface area contributed by atoms with Crippen molar-refractivity contribution in [2.24, 2.45) is 0 Å². The normalized spacial score (nSPS) is 10.8. The number of imidazole rings is 1. The Morgan fingerprint density at radius 3 is 2.48 bits per heavy atom. The van der Waals surface area contributed by atoms with Gasteiger partial charge in [0.15, 0.2) is 11.6 Å². The molecule has 3 aromatic rings. The van der Waals surface area contributed by atoms with Gasteiger partial charge < -0.3 is 10.3 Å². The molecule has 2 aromatic carbocycles. The molecule has 0 atom stereocenters. The molecule has 0 spiro atoms. The Labute approximate surface area is 120 Å². The molecule has 0 radical (unpaired) electrons. The van der Waals surface area contributed by atoms with E-state index in [1.165, 1.54) is 6.07 Å². The number of anilines is 1. The fourth-order valence-electron chi connectivity index (χ4n) is 2.16. The maximum absolute atomic E-state index is 13.3. The molecule has 0 fully saturated rings. The van der Waals surface area contributed by atoms with Gasteiger partial charge in [0.1, 0.15) is 5.82 Å². The summed E-state index contributed by atoms with van der Waals surface area (Å²) in [6, 6.07) is 11.2. The first-order valence-corrected chi connectivity index (χ1v) is 6.44. The van der Waals surface area contributed by atoms with Crippen molar-refractivity contribution >= 4 is 5.69 Å². The first kappa shape index (κ1) is 13.3. The minimum Gasteiger partial charge on any atom is -0.399 e. The largest absolute Gasteiger partial charge is 0.399 e. The van der Waals surface area contributed by atoms with Crippen molar-refractivity contribution in [1.82, 2.24) is 9.55 Å². The fourth-order valence-corrected chi connectivity index (χ4v) is 2.16. The number of halogens is 2. The lowest BCUT2D eigenvalue weighted by atomic mass is 10.1. The fraction of sp³-hybridized carbons (Fsp3) is 0.0625. The van der Waals surface area contributed by atoms with E-state index in [-0.39, 0.29) is 0 Å². The Morgan fingerprint density at radius 2 is 1.76 bits per heavy atom. The molecule has 0 bridgehead atoms. The number of nitrogens with zero attached hydrogens (tertiary/aromatic N) is 2. The predicted octanol–water partition coefficient (Wildman–Crippen LogP) is 3.46. The highest BCUT2D eigenvalue weighted by Crippen LogP contribution is 2.20. The zero-order valence-corrected chi connectivity index (χ0v) is 11.1. The van der Waals surface area contributed by atoms with Gasteiger partial charge in [0, 0.05) is 30.2 Å². The summed E-state index contributed by atoms with van der Waals surface area (Å²) >= 11 is 0. The number of nitrogens with two attached hydrogens (primary N) is 1. The van der Waals surface area contributed by atoms with E-state index in [0.29, 0.717) is 17.8 Å². The van der Waals surface area contributed by atoms with Gasteiger partial charge in [-0.2, -0.15) is 0 Å². The molecule has 3 nitrogen and oxygen atoms in total. The molecule has 0 aliphatic rings. The number of hydrogen-bond acceptors (Lipinski definition) is 2. The highest BCUT2D eigenvalue weighted by atomic mass is 19.2. The summed E-state index contributed by atoms with van der Waals surface area (Å²) < 4.78 is 28.1. The first-order chi connectivity index (χ1) is 10.1. The molecule has 0 saturated carbocycles. The number of hydrogen-bond donors (Lipinski definition) is 1. The lowest BCUT2D eigenvalue weighted by molar-refractivity contribution is 0.506. The molecular weight excluding hydrogens is 272 g/mol. The maximum atomic E-state index is 13.3. The highest BCUT2D eigenvalue weighted by Gasteiger charge is 2.08. The van der Waals surface area contributed by atoms with Crippen LogP contribution < -0.4 is 5.73 Å². The summed E-state index contributed by atoms with van der Waals surface area (Å²) in [5.41, 5.74) is 7.93. The molecule has 0 aliphatic carbocycles. The highest BCUT2D eigenvalue weighted by molar-refractivity contribution is 5.59. The van der Waals surface area contributed by atoms with Crippen LogP contribution in [0.25, 0.3) is 11.4 Å². The molecule has 1 heterocycles. The minimum atomic E-state index is -0.846. The Morgan fingerprint density at radius 1 is 1.00 bits per heavy atom. The van der Waals surface area contributed by atoms with Gasteiger partial charge in [0.25, 0.3) is 0 Å². The van der Waals surface area contributed by atoms with Crippen LogP contribution in [0.5, 0.6) is 0 Å². The molecule has 3 rings (SSSR count). The van der Waals surface area contributed by atoms with E-state index in [4.69, 9.17) is 5.73 Å². The van der Waals surface area contributed by atoms with E-state index < -0.39 is 11.6 Å². The summed E-state index contributed by atoms with van der Waals surface area (Å²) in [6.45, 7) is 0.414. The van der Waals surface area contributed by atoms with Gasteiger partial charge in [0.05, 0.1) is 0 Å². The topological polar surface area (TPSA) is 43.8 Å². The van der Waals surface area contributed by atoms with E-state index in [1.807, 2.05) is 16.7 Å². The van der Waals surface area contributed by atoms with Crippen molar-refractivity contribution < 1.29 is 8.78 Å². The second-order valence-corrected chi connectivity index (χ2v) is 4.75. The standard InChI is InChI=1S/C16H13F2N3/c17-14-6-1-11(9-15(14)18)10-21-8-7-20-16(21)12-2-4-13(19)5-3-12/h1-9H,10,19H2. The van der Waals surface area contributed by atoms with Crippen molar-refractivity contribution in [1.29, 1.82) is 0 Å². The molecule has 5 heteroatoms. The van der Waals surface area contributed by atoms with Crippen LogP contribution in [-0.4, -0.2) is 9.55 Å². The van der Waals surface area contributed by atoms with Gasteiger partial charge in [-0.25, -0.2) is 13.8 Å². The van der Waals surface area contributed by atoms with Crippen molar-refractivity contribution in [3.05, 3.63) is 72.1 Å². The van der Waals surface area contributed by atoms with Crippen molar-refractivity contribution in [2.75, 3.05) is 5.73 Å². The molecule has 0 amide bonds. The molecule has 0 aliphatic heterocycles. The number of rotatable bonds is 3. The molecule has 0 saturated heterocycles. The van der Waals surface area contributed by atoms with Gasteiger partial charge in [-0.3, -0.25) is 0 Å². The van der Waals surface area contributed by atoms with Crippen LogP contribution in [0.3, 0.4) is 0 Å². The van der Waals surface area contributed by atoms with E-state index >= 15 is 0 Å². The SMILES string of the molecule is Nc1ccc(-c2nccn2Cc2ccc(F)c(F)c2)cc1. The van der Waals surface area contributed by atoms with Gasteiger partial charge in [0.2, 0.25) is 0 Å². The van der Waals surface area contributed by atoms with Gasteiger partial charge in [-0.05, 0) is 42.0 Å². The predicted molar refractivity (Wildman–Crippen MR) is 77.5 cm³/mol. The molecule has 2 N–H and O–H groups in total.